The maximum absolute atomic E-state index is 2.41. The standard InChI is InChI=1S/C13H10N.C8H11.2FH.Zr/c1-2-6-12-10-13(9-11(12)5-1)14-7-3-4-8-14;1-2-5-8-6-3-4-7-8;;;/h1-10H;3,6H,2,4-5H2,1H3;2*1H;/q;;;;+2/p-2. The Bertz CT molecular complexity index is 803. The van der Waals surface area contributed by atoms with Crippen LogP contribution in [-0.4, -0.2) is 4.57 Å². The summed E-state index contributed by atoms with van der Waals surface area (Å²) < 4.78 is 4.77. The first-order valence-electron chi connectivity index (χ1n) is 8.46. The molecule has 128 valence electrons. The van der Waals surface area contributed by atoms with E-state index >= 15 is 0 Å². The Morgan fingerprint density at radius 1 is 1.08 bits per heavy atom. The molecule has 1 atom stereocenters. The summed E-state index contributed by atoms with van der Waals surface area (Å²) in [6.07, 6.45) is 15.3. The fourth-order valence-electron chi connectivity index (χ4n) is 3.57. The zero-order valence-electron chi connectivity index (χ0n) is 14.3. The summed E-state index contributed by atoms with van der Waals surface area (Å²) in [4.78, 5) is 0. The van der Waals surface area contributed by atoms with E-state index in [1.807, 2.05) is 0 Å². The van der Waals surface area contributed by atoms with Gasteiger partial charge in [0.1, 0.15) is 0 Å². The summed E-state index contributed by atoms with van der Waals surface area (Å²) in [6, 6.07) is 13.2. The van der Waals surface area contributed by atoms with E-state index in [4.69, 9.17) is 0 Å². The van der Waals surface area contributed by atoms with Gasteiger partial charge in [-0.15, -0.1) is 0 Å². The molecule has 1 heterocycles. The van der Waals surface area contributed by atoms with E-state index in [1.165, 1.54) is 30.5 Å². The average molecular weight is 417 g/mol. The molecule has 0 radical (unpaired) electrons. The predicted molar refractivity (Wildman–Crippen MR) is 93.5 cm³/mol. The Kier molecular flexibility index (Phi) is 6.89. The molecule has 4 rings (SSSR count). The molecule has 25 heavy (non-hydrogen) atoms. The van der Waals surface area contributed by atoms with Gasteiger partial charge in [-0.25, -0.2) is 0 Å². The van der Waals surface area contributed by atoms with Crippen molar-refractivity contribution < 1.29 is 32.6 Å². The van der Waals surface area contributed by atoms with Gasteiger partial charge in [0.25, 0.3) is 0 Å². The SMILES string of the molecule is CCCC1=[C]([Zr+2][CH]2C(n3cccc3)=Cc3ccccc32)CC=C1.[F-].[F-]. The van der Waals surface area contributed by atoms with Gasteiger partial charge in [0.15, 0.2) is 0 Å². The van der Waals surface area contributed by atoms with E-state index in [0.29, 0.717) is 3.63 Å². The van der Waals surface area contributed by atoms with E-state index in [-0.39, 0.29) is 9.41 Å². The van der Waals surface area contributed by atoms with Crippen molar-refractivity contribution in [2.45, 2.75) is 29.8 Å². The molecular weight excluding hydrogens is 395 g/mol. The number of fused-ring (bicyclic) bond motifs is 1. The summed E-state index contributed by atoms with van der Waals surface area (Å²) in [5.74, 6) is 0. The molecule has 0 saturated carbocycles. The third kappa shape index (κ3) is 3.84. The van der Waals surface area contributed by atoms with E-state index in [9.17, 15) is 0 Å². The molecule has 2 aliphatic carbocycles. The molecule has 2 aromatic rings. The van der Waals surface area contributed by atoms with E-state index in [0.717, 1.165) is 0 Å². The van der Waals surface area contributed by atoms with Crippen LogP contribution in [-0.2, 0) is 23.2 Å². The monoisotopic (exact) mass is 415 g/mol. The largest absolute Gasteiger partial charge is 1.00 e. The van der Waals surface area contributed by atoms with Crippen molar-refractivity contribution in [1.82, 2.24) is 4.57 Å². The van der Waals surface area contributed by atoms with Crippen LogP contribution in [0.1, 0.15) is 40.9 Å². The van der Waals surface area contributed by atoms with Crippen LogP contribution in [0.3, 0.4) is 0 Å². The average Bonchev–Trinajstić information content (AvgIpc) is 3.29. The van der Waals surface area contributed by atoms with Gasteiger partial charge in [0.05, 0.1) is 0 Å². The number of benzene rings is 1. The Labute approximate surface area is 159 Å². The maximum Gasteiger partial charge on any atom is -1.00 e. The van der Waals surface area contributed by atoms with Crippen LogP contribution in [0.15, 0.2) is 69.8 Å². The number of aromatic nitrogens is 1. The number of hydrogen-bond acceptors (Lipinski definition) is 0. The minimum Gasteiger partial charge on any atom is -1.00 e. The molecule has 1 nitrogen and oxygen atoms in total. The minimum atomic E-state index is -0.689. The van der Waals surface area contributed by atoms with E-state index < -0.39 is 23.2 Å². The van der Waals surface area contributed by atoms with Gasteiger partial charge in [-0.3, -0.25) is 0 Å². The third-order valence-corrected chi connectivity index (χ3v) is 9.02. The second-order valence-electron chi connectivity index (χ2n) is 6.23. The molecule has 1 aromatic carbocycles. The van der Waals surface area contributed by atoms with Crippen molar-refractivity contribution in [3.05, 3.63) is 80.9 Å². The molecule has 0 saturated heterocycles. The van der Waals surface area contributed by atoms with Crippen molar-refractivity contribution in [2.75, 3.05) is 0 Å². The molecule has 1 aromatic heterocycles. The van der Waals surface area contributed by atoms with Crippen molar-refractivity contribution in [2.24, 2.45) is 0 Å². The van der Waals surface area contributed by atoms with Crippen molar-refractivity contribution in [3.63, 3.8) is 0 Å². The number of nitrogens with zero attached hydrogens (tertiary/aromatic N) is 1. The van der Waals surface area contributed by atoms with E-state index in [2.05, 4.69) is 78.5 Å². The van der Waals surface area contributed by atoms with Crippen LogP contribution in [0.25, 0.3) is 11.8 Å². The summed E-state index contributed by atoms with van der Waals surface area (Å²) in [5, 5.41) is 0. The molecule has 0 aliphatic heterocycles. The van der Waals surface area contributed by atoms with Crippen molar-refractivity contribution >= 4 is 11.8 Å². The first kappa shape index (κ1) is 19.8. The van der Waals surface area contributed by atoms with Gasteiger partial charge in [0, 0.05) is 0 Å². The van der Waals surface area contributed by atoms with Crippen LogP contribution < -0.4 is 9.41 Å². The fourth-order valence-corrected chi connectivity index (χ4v) is 7.94. The molecule has 0 N–H and O–H groups in total. The zero-order chi connectivity index (χ0) is 15.6. The van der Waals surface area contributed by atoms with Crippen molar-refractivity contribution in [3.8, 4) is 0 Å². The van der Waals surface area contributed by atoms with Crippen LogP contribution in [0.4, 0.5) is 0 Å². The predicted octanol–water partition coefficient (Wildman–Crippen LogP) is -0.354. The smallest absolute Gasteiger partial charge is 1.00 e. The number of rotatable bonds is 5. The Hall–Kier alpha value is -1.54. The van der Waals surface area contributed by atoms with E-state index in [1.54, 1.807) is 14.4 Å². The molecule has 0 amide bonds. The minimum absolute atomic E-state index is 0. The maximum atomic E-state index is 2.41. The summed E-state index contributed by atoms with van der Waals surface area (Å²) in [7, 11) is 0. The molecule has 0 bridgehead atoms. The molecule has 0 fully saturated rings. The normalized spacial score (nSPS) is 17.5. The summed E-state index contributed by atoms with van der Waals surface area (Å²) in [5.41, 5.74) is 6.11. The van der Waals surface area contributed by atoms with Gasteiger partial charge >= 0.3 is 150 Å². The van der Waals surface area contributed by atoms with Crippen molar-refractivity contribution in [1.29, 1.82) is 0 Å². The Morgan fingerprint density at radius 2 is 1.84 bits per heavy atom. The van der Waals surface area contributed by atoms with Crippen LogP contribution >= 0.6 is 0 Å². The first-order valence-corrected chi connectivity index (χ1v) is 11.1. The Balaban J connectivity index is 0.00000113. The molecule has 2 aliphatic rings. The quantitative estimate of drug-likeness (QED) is 0.628. The third-order valence-electron chi connectivity index (χ3n) is 4.68. The molecule has 0 spiro atoms. The molecule has 4 heteroatoms. The zero-order valence-corrected chi connectivity index (χ0v) is 16.7. The van der Waals surface area contributed by atoms with Gasteiger partial charge in [-0.05, 0) is 0 Å². The number of allylic oxidation sites excluding steroid dienone is 5. The second-order valence-corrected chi connectivity index (χ2v) is 9.84. The van der Waals surface area contributed by atoms with Crippen LogP contribution in [0.5, 0.6) is 0 Å². The van der Waals surface area contributed by atoms with Gasteiger partial charge in [-0.2, -0.15) is 0 Å². The first-order chi connectivity index (χ1) is 11.4. The van der Waals surface area contributed by atoms with Gasteiger partial charge < -0.3 is 9.41 Å². The second kappa shape index (κ2) is 8.71. The molecule has 1 unspecified atom stereocenters. The van der Waals surface area contributed by atoms with Gasteiger partial charge in [-0.1, -0.05) is 0 Å². The Morgan fingerprint density at radius 3 is 2.60 bits per heavy atom. The fraction of sp³-hybridized carbons (Fsp3) is 0.238. The van der Waals surface area contributed by atoms with Crippen LogP contribution in [0.2, 0.25) is 0 Å². The van der Waals surface area contributed by atoms with Gasteiger partial charge in [0.2, 0.25) is 0 Å². The number of halogens is 2. The summed E-state index contributed by atoms with van der Waals surface area (Å²) >= 11 is -0.689. The summed E-state index contributed by atoms with van der Waals surface area (Å²) in [6.45, 7) is 2.29. The molecular formula is C21H21F2NZr. The topological polar surface area (TPSA) is 4.93 Å². The number of hydrogen-bond donors (Lipinski definition) is 0. The van der Waals surface area contributed by atoms with Crippen LogP contribution in [0, 0.1) is 0 Å².